The van der Waals surface area contributed by atoms with Crippen LogP contribution >= 0.6 is 0 Å². The summed E-state index contributed by atoms with van der Waals surface area (Å²) in [6.45, 7) is 10.3. The lowest BCUT2D eigenvalue weighted by Gasteiger charge is -2.59. The van der Waals surface area contributed by atoms with Gasteiger partial charge in [0.25, 0.3) is 0 Å². The summed E-state index contributed by atoms with van der Waals surface area (Å²) >= 11 is 0. The van der Waals surface area contributed by atoms with Crippen LogP contribution in [0.2, 0.25) is 0 Å². The first-order valence-corrected chi connectivity index (χ1v) is 11.4. The summed E-state index contributed by atoms with van der Waals surface area (Å²) in [5.74, 6) is 1.58. The van der Waals surface area contributed by atoms with Crippen molar-refractivity contribution in [2.75, 3.05) is 13.7 Å². The van der Waals surface area contributed by atoms with Crippen LogP contribution in [0.3, 0.4) is 0 Å². The molecule has 4 heteroatoms. The summed E-state index contributed by atoms with van der Waals surface area (Å²) in [5.41, 5.74) is 0.990. The summed E-state index contributed by atoms with van der Waals surface area (Å²) in [6, 6.07) is 0. The number of allylic oxidation sites excluding steroid dienone is 4. The van der Waals surface area contributed by atoms with E-state index < -0.39 is 0 Å². The Morgan fingerprint density at radius 2 is 2.00 bits per heavy atom. The van der Waals surface area contributed by atoms with E-state index >= 15 is 0 Å². The van der Waals surface area contributed by atoms with Crippen molar-refractivity contribution in [3.63, 3.8) is 0 Å². The van der Waals surface area contributed by atoms with Crippen molar-refractivity contribution < 1.29 is 19.4 Å². The van der Waals surface area contributed by atoms with Gasteiger partial charge in [0, 0.05) is 24.4 Å². The van der Waals surface area contributed by atoms with Crippen molar-refractivity contribution in [2.45, 2.75) is 66.4 Å². The Kier molecular flexibility index (Phi) is 6.27. The zero-order chi connectivity index (χ0) is 21.6. The predicted molar refractivity (Wildman–Crippen MR) is 114 cm³/mol. The quantitative estimate of drug-likeness (QED) is 0.761. The molecule has 0 heterocycles. The molecular weight excluding hydrogens is 364 g/mol. The Labute approximate surface area is 175 Å². The van der Waals surface area contributed by atoms with Gasteiger partial charge in [-0.3, -0.25) is 9.59 Å². The molecule has 0 aliphatic heterocycles. The first kappa shape index (κ1) is 22.4. The lowest BCUT2D eigenvalue weighted by molar-refractivity contribution is -0.147. The molecule has 4 rings (SSSR count). The van der Waals surface area contributed by atoms with E-state index in [4.69, 9.17) is 4.74 Å². The average Bonchev–Trinajstić information content (AvgIpc) is 2.98. The summed E-state index contributed by atoms with van der Waals surface area (Å²) < 4.78 is 6.05. The maximum absolute atomic E-state index is 12.6. The molecule has 4 aliphatic carbocycles. The third kappa shape index (κ3) is 3.27. The van der Waals surface area contributed by atoms with Crippen LogP contribution in [0, 0.1) is 40.4 Å². The molecule has 8 atom stereocenters. The molecule has 0 radical (unpaired) electrons. The van der Waals surface area contributed by atoms with Crippen LogP contribution < -0.4 is 0 Å². The van der Waals surface area contributed by atoms with E-state index in [0.29, 0.717) is 23.7 Å². The SMILES string of the molecule is CC.COC1CC2(C)C(CC(C)C2C(=O)CO)C2CCC3=CC(=O)C=CC3(C)C12. The Bertz CT molecular complexity index is 722. The number of hydrogen-bond acceptors (Lipinski definition) is 4. The minimum Gasteiger partial charge on any atom is -0.389 e. The van der Waals surface area contributed by atoms with Crippen LogP contribution in [0.1, 0.15) is 60.3 Å². The van der Waals surface area contributed by atoms with Gasteiger partial charge in [0.05, 0.1) is 6.10 Å². The van der Waals surface area contributed by atoms with Crippen LogP contribution in [-0.4, -0.2) is 36.5 Å². The third-order valence-corrected chi connectivity index (χ3v) is 8.62. The van der Waals surface area contributed by atoms with Crippen molar-refractivity contribution >= 4 is 11.6 Å². The minimum atomic E-state index is -0.363. The van der Waals surface area contributed by atoms with E-state index in [1.807, 2.05) is 19.9 Å². The largest absolute Gasteiger partial charge is 0.389 e. The molecule has 0 bridgehead atoms. The summed E-state index contributed by atoms with van der Waals surface area (Å²) in [7, 11) is 1.78. The molecule has 29 heavy (non-hydrogen) atoms. The highest BCUT2D eigenvalue weighted by atomic mass is 16.5. The first-order valence-electron chi connectivity index (χ1n) is 11.4. The van der Waals surface area contributed by atoms with Crippen molar-refractivity contribution in [3.05, 3.63) is 23.8 Å². The topological polar surface area (TPSA) is 63.6 Å². The van der Waals surface area contributed by atoms with Crippen LogP contribution in [0.25, 0.3) is 0 Å². The molecule has 0 aromatic carbocycles. The number of carbonyl (C=O) groups is 2. The van der Waals surface area contributed by atoms with E-state index in [2.05, 4.69) is 26.8 Å². The van der Waals surface area contributed by atoms with E-state index in [0.717, 1.165) is 25.7 Å². The summed E-state index contributed by atoms with van der Waals surface area (Å²) in [4.78, 5) is 24.6. The molecule has 0 aromatic rings. The number of rotatable bonds is 3. The van der Waals surface area contributed by atoms with Crippen molar-refractivity contribution in [1.29, 1.82) is 0 Å². The molecule has 4 aliphatic rings. The number of aliphatic hydroxyl groups is 1. The first-order chi connectivity index (χ1) is 13.8. The van der Waals surface area contributed by atoms with E-state index in [1.165, 1.54) is 5.57 Å². The van der Waals surface area contributed by atoms with Crippen molar-refractivity contribution in [2.24, 2.45) is 40.4 Å². The molecule has 0 amide bonds. The standard InChI is InChI=1S/C23H32O4.C2H6/c1-13-9-17-16-6-5-14-10-15(25)7-8-22(14,2)21(16)19(27-4)11-23(17,3)20(13)18(26)12-24;1-2/h7-8,10,13,16-17,19-21,24H,5-6,9,11-12H2,1-4H3;1-2H3. The second-order valence-electron chi connectivity index (χ2n) is 9.82. The number of methoxy groups -OCH3 is 1. The zero-order valence-electron chi connectivity index (χ0n) is 18.9. The van der Waals surface area contributed by atoms with Crippen LogP contribution in [-0.2, 0) is 14.3 Å². The van der Waals surface area contributed by atoms with Gasteiger partial charge in [0.1, 0.15) is 6.61 Å². The number of aliphatic hydroxyl groups excluding tert-OH is 1. The minimum absolute atomic E-state index is 0.00781. The van der Waals surface area contributed by atoms with Crippen LogP contribution in [0.15, 0.2) is 23.8 Å². The molecule has 3 saturated carbocycles. The second kappa shape index (κ2) is 8.11. The van der Waals surface area contributed by atoms with Crippen molar-refractivity contribution in [3.8, 4) is 0 Å². The molecule has 0 saturated heterocycles. The van der Waals surface area contributed by atoms with Gasteiger partial charge in [-0.1, -0.05) is 46.3 Å². The normalized spacial score (nSPS) is 45.3. The average molecular weight is 403 g/mol. The smallest absolute Gasteiger partial charge is 0.178 e. The highest BCUT2D eigenvalue weighted by molar-refractivity contribution is 6.01. The Hall–Kier alpha value is -1.26. The van der Waals surface area contributed by atoms with Gasteiger partial charge in [-0.2, -0.15) is 0 Å². The van der Waals surface area contributed by atoms with Gasteiger partial charge < -0.3 is 9.84 Å². The highest BCUT2D eigenvalue weighted by Gasteiger charge is 2.64. The van der Waals surface area contributed by atoms with Crippen LogP contribution in [0.4, 0.5) is 0 Å². The number of hydrogen-bond donors (Lipinski definition) is 1. The number of ketones is 2. The van der Waals surface area contributed by atoms with Gasteiger partial charge in [-0.05, 0) is 61.0 Å². The molecule has 8 unspecified atom stereocenters. The predicted octanol–water partition coefficient (Wildman–Crippen LogP) is 4.37. The fourth-order valence-corrected chi connectivity index (χ4v) is 7.67. The van der Waals surface area contributed by atoms with Gasteiger partial charge in [0.2, 0.25) is 0 Å². The Balaban J connectivity index is 0.00000117. The van der Waals surface area contributed by atoms with Gasteiger partial charge >= 0.3 is 0 Å². The monoisotopic (exact) mass is 402 g/mol. The molecule has 0 spiro atoms. The molecule has 3 fully saturated rings. The van der Waals surface area contributed by atoms with Crippen molar-refractivity contribution in [1.82, 2.24) is 0 Å². The zero-order valence-corrected chi connectivity index (χ0v) is 18.9. The van der Waals surface area contributed by atoms with E-state index in [1.54, 1.807) is 13.2 Å². The molecular formula is C25H38O4. The molecule has 4 nitrogen and oxygen atoms in total. The third-order valence-electron chi connectivity index (χ3n) is 8.62. The highest BCUT2D eigenvalue weighted by Crippen LogP contribution is 2.67. The van der Waals surface area contributed by atoms with Gasteiger partial charge in [0.15, 0.2) is 11.6 Å². The van der Waals surface area contributed by atoms with E-state index in [9.17, 15) is 14.7 Å². The van der Waals surface area contributed by atoms with Gasteiger partial charge in [-0.25, -0.2) is 0 Å². The van der Waals surface area contributed by atoms with Gasteiger partial charge in [-0.15, -0.1) is 0 Å². The second-order valence-corrected chi connectivity index (χ2v) is 9.82. The summed E-state index contributed by atoms with van der Waals surface area (Å²) in [5, 5.41) is 9.56. The summed E-state index contributed by atoms with van der Waals surface area (Å²) in [6.07, 6.45) is 9.63. The number of ether oxygens (including phenoxy) is 1. The van der Waals surface area contributed by atoms with E-state index in [-0.39, 0.29) is 41.0 Å². The number of Topliss-reactive ketones (excluding diaryl/α,β-unsaturated/α-hetero) is 1. The maximum Gasteiger partial charge on any atom is 0.178 e. The lowest BCUT2D eigenvalue weighted by atomic mass is 9.46. The fraction of sp³-hybridized carbons (Fsp3) is 0.760. The fourth-order valence-electron chi connectivity index (χ4n) is 7.67. The maximum atomic E-state index is 12.6. The molecule has 1 N–H and O–H groups in total. The van der Waals surface area contributed by atoms with Crippen LogP contribution in [0.5, 0.6) is 0 Å². The number of fused-ring (bicyclic) bond motifs is 5. The molecule has 162 valence electrons. The lowest BCUT2D eigenvalue weighted by Crippen LogP contribution is -2.57. The molecule has 0 aromatic heterocycles. The Morgan fingerprint density at radius 1 is 1.31 bits per heavy atom. The number of carbonyl (C=O) groups excluding carboxylic acids is 2. The Morgan fingerprint density at radius 3 is 2.62 bits per heavy atom.